The van der Waals surface area contributed by atoms with E-state index in [4.69, 9.17) is 0 Å². The van der Waals surface area contributed by atoms with Crippen molar-refractivity contribution >= 4 is 17.7 Å². The van der Waals surface area contributed by atoms with Crippen molar-refractivity contribution in [3.63, 3.8) is 0 Å². The number of carboxylic acid groups (broad SMARTS) is 1. The Morgan fingerprint density at radius 1 is 1.58 bits per heavy atom. The third kappa shape index (κ3) is 3.48. The van der Waals surface area contributed by atoms with Gasteiger partial charge < -0.3 is 9.67 Å². The normalized spacial score (nSPS) is 18.3. The summed E-state index contributed by atoms with van der Waals surface area (Å²) in [6.07, 6.45) is 2.73. The Kier molecular flexibility index (Phi) is 4.15. The smallest absolute Gasteiger partial charge is 0.323 e. The van der Waals surface area contributed by atoms with Crippen molar-refractivity contribution in [2.75, 3.05) is 5.75 Å². The van der Waals surface area contributed by atoms with Gasteiger partial charge in [-0.2, -0.15) is 0 Å². The van der Waals surface area contributed by atoms with Crippen LogP contribution in [0.5, 0.6) is 0 Å². The molecule has 0 bridgehead atoms. The zero-order valence-corrected chi connectivity index (χ0v) is 12.3. The summed E-state index contributed by atoms with van der Waals surface area (Å²) in [5.74, 6) is 0.780. The highest BCUT2D eigenvalue weighted by atomic mass is 32.2. The van der Waals surface area contributed by atoms with Crippen LogP contribution >= 0.6 is 11.8 Å². The van der Waals surface area contributed by atoms with E-state index in [1.54, 1.807) is 18.7 Å². The van der Waals surface area contributed by atoms with E-state index in [9.17, 15) is 9.90 Å². The summed E-state index contributed by atoms with van der Waals surface area (Å²) in [5.41, 5.74) is -0.845. The first-order valence-electron chi connectivity index (χ1n) is 6.42. The van der Waals surface area contributed by atoms with Gasteiger partial charge in [-0.3, -0.25) is 10.1 Å². The molecule has 1 aromatic heterocycles. The van der Waals surface area contributed by atoms with Crippen molar-refractivity contribution in [3.05, 3.63) is 5.82 Å². The minimum Gasteiger partial charge on any atom is -0.480 e. The van der Waals surface area contributed by atoms with Crippen LogP contribution in [0.3, 0.4) is 0 Å². The van der Waals surface area contributed by atoms with E-state index in [-0.39, 0.29) is 0 Å². The Morgan fingerprint density at radius 2 is 2.26 bits per heavy atom. The molecular weight excluding hydrogens is 264 g/mol. The largest absolute Gasteiger partial charge is 0.480 e. The van der Waals surface area contributed by atoms with Crippen molar-refractivity contribution < 1.29 is 9.90 Å². The Labute approximate surface area is 117 Å². The maximum absolute atomic E-state index is 11.4. The molecule has 0 spiro atoms. The molecule has 1 aliphatic carbocycles. The molecule has 0 radical (unpaired) electrons. The quantitative estimate of drug-likeness (QED) is 0.732. The van der Waals surface area contributed by atoms with Gasteiger partial charge in [0.05, 0.1) is 0 Å². The summed E-state index contributed by atoms with van der Waals surface area (Å²) >= 11 is 1.55. The fourth-order valence-corrected chi connectivity index (χ4v) is 2.90. The maximum Gasteiger partial charge on any atom is 0.323 e. The number of aromatic nitrogens is 3. The zero-order chi connectivity index (χ0) is 14.0. The summed E-state index contributed by atoms with van der Waals surface area (Å²) in [6.45, 7) is 3.66. The Hall–Kier alpha value is -1.08. The highest BCUT2D eigenvalue weighted by Crippen LogP contribution is 2.26. The molecule has 0 amide bonds. The molecule has 19 heavy (non-hydrogen) atoms. The van der Waals surface area contributed by atoms with Crippen molar-refractivity contribution in [1.29, 1.82) is 0 Å². The van der Waals surface area contributed by atoms with Gasteiger partial charge in [0, 0.05) is 18.8 Å². The van der Waals surface area contributed by atoms with Crippen molar-refractivity contribution in [1.82, 2.24) is 20.1 Å². The topological polar surface area (TPSA) is 80.0 Å². The number of nitrogens with one attached hydrogen (secondary N) is 1. The monoisotopic (exact) mass is 284 g/mol. The van der Waals surface area contributed by atoms with Crippen LogP contribution in [0.25, 0.3) is 0 Å². The van der Waals surface area contributed by atoms with Gasteiger partial charge >= 0.3 is 5.97 Å². The van der Waals surface area contributed by atoms with Gasteiger partial charge in [0.15, 0.2) is 5.16 Å². The van der Waals surface area contributed by atoms with Gasteiger partial charge in [-0.05, 0) is 33.1 Å². The molecule has 6 nitrogen and oxygen atoms in total. The molecule has 0 aromatic carbocycles. The lowest BCUT2D eigenvalue weighted by Gasteiger charge is -2.26. The van der Waals surface area contributed by atoms with E-state index < -0.39 is 11.5 Å². The Morgan fingerprint density at radius 3 is 2.74 bits per heavy atom. The lowest BCUT2D eigenvalue weighted by Crippen LogP contribution is -2.51. The van der Waals surface area contributed by atoms with Crippen molar-refractivity contribution in [2.24, 2.45) is 7.05 Å². The fourth-order valence-electron chi connectivity index (χ4n) is 1.78. The van der Waals surface area contributed by atoms with E-state index in [0.29, 0.717) is 18.2 Å². The van der Waals surface area contributed by atoms with E-state index in [0.717, 1.165) is 23.8 Å². The first-order chi connectivity index (χ1) is 8.92. The number of carboxylic acids is 1. The first kappa shape index (κ1) is 14.3. The number of rotatable bonds is 7. The van der Waals surface area contributed by atoms with Crippen LogP contribution < -0.4 is 5.32 Å². The molecule has 1 aromatic rings. The van der Waals surface area contributed by atoms with Crippen LogP contribution in [-0.4, -0.2) is 43.2 Å². The molecule has 2 N–H and O–H groups in total. The number of nitrogens with zero attached hydrogens (tertiary/aromatic N) is 3. The van der Waals surface area contributed by atoms with Crippen LogP contribution in [-0.2, 0) is 11.8 Å². The zero-order valence-electron chi connectivity index (χ0n) is 11.5. The van der Waals surface area contributed by atoms with Gasteiger partial charge in [-0.15, -0.1) is 10.2 Å². The second-order valence-electron chi connectivity index (χ2n) is 5.24. The molecule has 2 rings (SSSR count). The molecular formula is C12H20N4O2S. The second-order valence-corrected chi connectivity index (χ2v) is 6.31. The summed E-state index contributed by atoms with van der Waals surface area (Å²) in [6, 6.07) is 0.378. The number of hydrogen-bond donors (Lipinski definition) is 2. The number of carbonyl (C=O) groups is 1. The average Bonchev–Trinajstić information content (AvgIpc) is 3.10. The molecule has 1 unspecified atom stereocenters. The molecule has 1 saturated carbocycles. The van der Waals surface area contributed by atoms with E-state index in [2.05, 4.69) is 15.5 Å². The first-order valence-corrected chi connectivity index (χ1v) is 7.41. The molecule has 0 saturated heterocycles. The third-order valence-corrected chi connectivity index (χ3v) is 4.48. The Bertz CT molecular complexity index is 472. The van der Waals surface area contributed by atoms with Crippen LogP contribution in [0.1, 0.15) is 32.0 Å². The van der Waals surface area contributed by atoms with Crippen LogP contribution in [0, 0.1) is 6.92 Å². The van der Waals surface area contributed by atoms with E-state index in [1.165, 1.54) is 0 Å². The fraction of sp³-hybridized carbons (Fsp3) is 0.750. The lowest BCUT2D eigenvalue weighted by atomic mass is 9.99. The van der Waals surface area contributed by atoms with Gasteiger partial charge in [-0.1, -0.05) is 11.8 Å². The predicted octanol–water partition coefficient (Wildman–Crippen LogP) is 1.20. The molecule has 7 heteroatoms. The molecule has 1 fully saturated rings. The number of aliphatic carboxylic acids is 1. The number of hydrogen-bond acceptors (Lipinski definition) is 5. The molecule has 1 heterocycles. The minimum absolute atomic E-state index is 0.378. The predicted molar refractivity (Wildman–Crippen MR) is 73.3 cm³/mol. The molecule has 1 atom stereocenters. The van der Waals surface area contributed by atoms with Crippen molar-refractivity contribution in [2.45, 2.75) is 49.8 Å². The van der Waals surface area contributed by atoms with E-state index >= 15 is 0 Å². The molecule has 1 aliphatic rings. The average molecular weight is 284 g/mol. The maximum atomic E-state index is 11.4. The molecule has 106 valence electrons. The summed E-state index contributed by atoms with van der Waals surface area (Å²) in [7, 11) is 1.91. The second kappa shape index (κ2) is 5.50. The standard InChI is InChI=1S/C12H20N4O2S/c1-8-14-15-11(16(8)3)19-7-6-12(2,10(17)18)13-9-4-5-9/h9,13H,4-7H2,1-3H3,(H,17,18). The van der Waals surface area contributed by atoms with Gasteiger partial charge in [-0.25, -0.2) is 0 Å². The van der Waals surface area contributed by atoms with Gasteiger partial charge in [0.1, 0.15) is 11.4 Å². The number of thioether (sulfide) groups is 1. The van der Waals surface area contributed by atoms with Crippen molar-refractivity contribution in [3.8, 4) is 0 Å². The van der Waals surface area contributed by atoms with E-state index in [1.807, 2.05) is 18.5 Å². The summed E-state index contributed by atoms with van der Waals surface area (Å²) < 4.78 is 1.91. The highest BCUT2D eigenvalue weighted by Gasteiger charge is 2.38. The van der Waals surface area contributed by atoms with Crippen LogP contribution in [0.2, 0.25) is 0 Å². The molecule has 0 aliphatic heterocycles. The van der Waals surface area contributed by atoms with Gasteiger partial charge in [0.2, 0.25) is 0 Å². The number of aryl methyl sites for hydroxylation is 1. The van der Waals surface area contributed by atoms with Gasteiger partial charge in [0.25, 0.3) is 0 Å². The highest BCUT2D eigenvalue weighted by molar-refractivity contribution is 7.99. The van der Waals surface area contributed by atoms with Crippen LogP contribution in [0.15, 0.2) is 5.16 Å². The summed E-state index contributed by atoms with van der Waals surface area (Å²) in [5, 5.41) is 21.5. The van der Waals surface area contributed by atoms with Crippen LogP contribution in [0.4, 0.5) is 0 Å². The lowest BCUT2D eigenvalue weighted by molar-refractivity contribution is -0.144. The minimum atomic E-state index is -0.845. The summed E-state index contributed by atoms with van der Waals surface area (Å²) in [4.78, 5) is 11.4. The Balaban J connectivity index is 1.88. The third-order valence-electron chi connectivity index (χ3n) is 3.46. The SMILES string of the molecule is Cc1nnc(SCCC(C)(NC2CC2)C(=O)O)n1C.